The monoisotopic (exact) mass is 507 g/mol. The minimum absolute atomic E-state index is 0.0771. The van der Waals surface area contributed by atoms with Crippen molar-refractivity contribution in [1.82, 2.24) is 9.62 Å². The number of benzene rings is 3. The summed E-state index contributed by atoms with van der Waals surface area (Å²) in [5.74, 6) is -0.0286. The molecule has 2 amide bonds. The summed E-state index contributed by atoms with van der Waals surface area (Å²) in [6.45, 7) is 5.45. The van der Waals surface area contributed by atoms with Crippen LogP contribution in [0.25, 0.3) is 10.8 Å². The highest BCUT2D eigenvalue weighted by atomic mass is 32.2. The average molecular weight is 508 g/mol. The third kappa shape index (κ3) is 5.77. The van der Waals surface area contributed by atoms with E-state index < -0.39 is 10.0 Å². The van der Waals surface area contributed by atoms with Crippen molar-refractivity contribution < 1.29 is 18.0 Å². The molecule has 1 atom stereocenters. The molecule has 1 fully saturated rings. The molecule has 0 bridgehead atoms. The van der Waals surface area contributed by atoms with E-state index in [1.807, 2.05) is 43.0 Å². The van der Waals surface area contributed by atoms with Gasteiger partial charge in [0.15, 0.2) is 0 Å². The number of piperidine rings is 1. The molecule has 4 rings (SSSR count). The van der Waals surface area contributed by atoms with Gasteiger partial charge in [-0.05, 0) is 55.9 Å². The molecule has 1 heterocycles. The number of carbonyl (C=O) groups excluding carboxylic acids is 2. The Labute approximate surface area is 212 Å². The number of carbonyl (C=O) groups is 2. The Balaban J connectivity index is 1.53. The number of sulfonamides is 1. The van der Waals surface area contributed by atoms with Crippen LogP contribution in [0.15, 0.2) is 65.6 Å². The fourth-order valence-electron chi connectivity index (χ4n) is 4.77. The van der Waals surface area contributed by atoms with Gasteiger partial charge in [-0.3, -0.25) is 9.59 Å². The lowest BCUT2D eigenvalue weighted by Crippen LogP contribution is -2.43. The lowest BCUT2D eigenvalue weighted by atomic mass is 9.98. The zero-order valence-corrected chi connectivity index (χ0v) is 21.6. The van der Waals surface area contributed by atoms with Gasteiger partial charge in [0.25, 0.3) is 5.91 Å². The van der Waals surface area contributed by atoms with Crippen LogP contribution in [-0.4, -0.2) is 44.8 Å². The number of nitrogens with one attached hydrogen (secondary N) is 2. The number of fused-ring (bicyclic) bond motifs is 1. The summed E-state index contributed by atoms with van der Waals surface area (Å²) in [7, 11) is -3.80. The molecule has 1 aliphatic rings. The maximum absolute atomic E-state index is 13.3. The van der Waals surface area contributed by atoms with Crippen molar-refractivity contribution >= 4 is 38.3 Å². The highest BCUT2D eigenvalue weighted by Crippen LogP contribution is 2.30. The summed E-state index contributed by atoms with van der Waals surface area (Å²) in [4.78, 5) is 27.2. The largest absolute Gasteiger partial charge is 0.342 e. The van der Waals surface area contributed by atoms with Crippen LogP contribution in [0, 0.1) is 12.8 Å². The van der Waals surface area contributed by atoms with Crippen LogP contribution >= 0.6 is 0 Å². The van der Waals surface area contributed by atoms with Gasteiger partial charge in [-0.15, -0.1) is 0 Å². The third-order valence-corrected chi connectivity index (χ3v) is 8.19. The first-order valence-corrected chi connectivity index (χ1v) is 13.9. The fourth-order valence-corrected chi connectivity index (χ4v) is 6.09. The van der Waals surface area contributed by atoms with Crippen LogP contribution in [0.3, 0.4) is 0 Å². The first-order valence-electron chi connectivity index (χ1n) is 12.5. The number of anilines is 1. The van der Waals surface area contributed by atoms with Gasteiger partial charge in [0.05, 0.1) is 4.90 Å². The predicted octanol–water partition coefficient (Wildman–Crippen LogP) is 4.72. The molecule has 0 saturated carbocycles. The van der Waals surface area contributed by atoms with Gasteiger partial charge in [-0.2, -0.15) is 0 Å². The van der Waals surface area contributed by atoms with Gasteiger partial charge in [0.2, 0.25) is 15.9 Å². The van der Waals surface area contributed by atoms with Crippen molar-refractivity contribution in [3.05, 3.63) is 71.8 Å². The molecule has 1 unspecified atom stereocenters. The number of rotatable bonds is 8. The molecular weight excluding hydrogens is 474 g/mol. The lowest BCUT2D eigenvalue weighted by Gasteiger charge is -2.33. The van der Waals surface area contributed by atoms with Crippen molar-refractivity contribution in [2.45, 2.75) is 44.4 Å². The molecule has 0 radical (unpaired) electrons. The number of aryl methyl sites for hydroxylation is 1. The minimum Gasteiger partial charge on any atom is -0.342 e. The number of amides is 2. The van der Waals surface area contributed by atoms with E-state index in [1.54, 1.807) is 30.3 Å². The van der Waals surface area contributed by atoms with E-state index in [9.17, 15) is 18.0 Å². The maximum Gasteiger partial charge on any atom is 0.255 e. The van der Waals surface area contributed by atoms with Crippen LogP contribution in [0.1, 0.15) is 48.5 Å². The number of likely N-dealkylation sites (tertiary alicyclic amines) is 1. The summed E-state index contributed by atoms with van der Waals surface area (Å²) >= 11 is 0. The van der Waals surface area contributed by atoms with Gasteiger partial charge in [0, 0.05) is 48.1 Å². The van der Waals surface area contributed by atoms with Crippen LogP contribution < -0.4 is 10.0 Å². The Kier molecular flexibility index (Phi) is 8.06. The molecule has 0 spiro atoms. The van der Waals surface area contributed by atoms with Gasteiger partial charge in [-0.1, -0.05) is 49.4 Å². The van der Waals surface area contributed by atoms with E-state index in [1.165, 1.54) is 6.07 Å². The Bertz CT molecular complexity index is 1370. The molecule has 2 N–H and O–H groups in total. The second-order valence-electron chi connectivity index (χ2n) is 9.38. The molecule has 3 aromatic rings. The zero-order valence-electron chi connectivity index (χ0n) is 20.8. The molecule has 36 heavy (non-hydrogen) atoms. The number of hydrogen-bond acceptors (Lipinski definition) is 4. The minimum atomic E-state index is -3.80. The lowest BCUT2D eigenvalue weighted by molar-refractivity contribution is -0.132. The molecule has 3 aromatic carbocycles. The first kappa shape index (κ1) is 25.9. The van der Waals surface area contributed by atoms with Gasteiger partial charge < -0.3 is 10.2 Å². The Hall–Kier alpha value is -3.23. The van der Waals surface area contributed by atoms with Crippen LogP contribution in [-0.2, 0) is 14.8 Å². The predicted molar refractivity (Wildman–Crippen MR) is 142 cm³/mol. The van der Waals surface area contributed by atoms with Crippen molar-refractivity contribution in [2.24, 2.45) is 5.92 Å². The fraction of sp³-hybridized carbons (Fsp3) is 0.357. The van der Waals surface area contributed by atoms with E-state index >= 15 is 0 Å². The van der Waals surface area contributed by atoms with Crippen LogP contribution in [0.5, 0.6) is 0 Å². The van der Waals surface area contributed by atoms with E-state index in [0.29, 0.717) is 35.0 Å². The van der Waals surface area contributed by atoms with Gasteiger partial charge in [-0.25, -0.2) is 13.1 Å². The quantitative estimate of drug-likeness (QED) is 0.461. The van der Waals surface area contributed by atoms with E-state index in [0.717, 1.165) is 31.4 Å². The highest BCUT2D eigenvalue weighted by Gasteiger charge is 2.26. The molecule has 8 heteroatoms. The SMILES string of the molecule is CCCC(=O)N1CCCC(CNS(=O)(=O)c2ccc(NC(=O)c3ccccc3C)c3ccccc23)C1. The molecule has 7 nitrogen and oxygen atoms in total. The summed E-state index contributed by atoms with van der Waals surface area (Å²) in [6.07, 6.45) is 3.08. The van der Waals surface area contributed by atoms with Crippen molar-refractivity contribution in [2.75, 3.05) is 25.0 Å². The average Bonchev–Trinajstić information content (AvgIpc) is 2.88. The van der Waals surface area contributed by atoms with E-state index in [4.69, 9.17) is 0 Å². The second-order valence-corrected chi connectivity index (χ2v) is 11.1. The molecule has 1 aliphatic heterocycles. The maximum atomic E-state index is 13.3. The topological polar surface area (TPSA) is 95.6 Å². The summed E-state index contributed by atoms with van der Waals surface area (Å²) in [5.41, 5.74) is 1.98. The van der Waals surface area contributed by atoms with Crippen LogP contribution in [0.2, 0.25) is 0 Å². The standard InChI is InChI=1S/C28H33N3O4S/c1-3-9-27(32)31-17-8-11-21(19-31)18-29-36(34,35)26-16-15-25(23-13-6-7-14-24(23)26)30-28(33)22-12-5-4-10-20(22)2/h4-7,10,12-16,21,29H,3,8-9,11,17-19H2,1-2H3,(H,30,33). The zero-order chi connectivity index (χ0) is 25.7. The highest BCUT2D eigenvalue weighted by molar-refractivity contribution is 7.89. The van der Waals surface area contributed by atoms with Crippen molar-refractivity contribution in [3.63, 3.8) is 0 Å². The van der Waals surface area contributed by atoms with Crippen molar-refractivity contribution in [1.29, 1.82) is 0 Å². The second kappa shape index (κ2) is 11.2. The molecule has 190 valence electrons. The normalized spacial score (nSPS) is 16.2. The van der Waals surface area contributed by atoms with E-state index in [-0.39, 0.29) is 29.2 Å². The Morgan fingerprint density at radius 3 is 2.47 bits per heavy atom. The van der Waals surface area contributed by atoms with Gasteiger partial charge >= 0.3 is 0 Å². The summed E-state index contributed by atoms with van der Waals surface area (Å²) in [6, 6.07) is 17.7. The van der Waals surface area contributed by atoms with Crippen LogP contribution in [0.4, 0.5) is 5.69 Å². The van der Waals surface area contributed by atoms with E-state index in [2.05, 4.69) is 10.0 Å². The first-order chi connectivity index (χ1) is 17.3. The Morgan fingerprint density at radius 1 is 1.00 bits per heavy atom. The van der Waals surface area contributed by atoms with Gasteiger partial charge in [0.1, 0.15) is 0 Å². The molecule has 0 aliphatic carbocycles. The number of nitrogens with zero attached hydrogens (tertiary/aromatic N) is 1. The smallest absolute Gasteiger partial charge is 0.255 e. The summed E-state index contributed by atoms with van der Waals surface area (Å²) < 4.78 is 29.4. The molecular formula is C28H33N3O4S. The van der Waals surface area contributed by atoms with Crippen molar-refractivity contribution in [3.8, 4) is 0 Å². The molecule has 0 aromatic heterocycles. The summed E-state index contributed by atoms with van der Waals surface area (Å²) in [5, 5.41) is 4.13. The Morgan fingerprint density at radius 2 is 1.72 bits per heavy atom. The number of hydrogen-bond donors (Lipinski definition) is 2. The third-order valence-electron chi connectivity index (χ3n) is 6.71. The molecule has 1 saturated heterocycles.